The van der Waals surface area contributed by atoms with Crippen molar-refractivity contribution in [2.45, 2.75) is 52.4 Å². The van der Waals surface area contributed by atoms with Crippen molar-refractivity contribution in [1.82, 2.24) is 9.97 Å². The van der Waals surface area contributed by atoms with E-state index in [2.05, 4.69) is 129 Å². The van der Waals surface area contributed by atoms with Crippen LogP contribution in [-0.2, 0) is 10.8 Å². The van der Waals surface area contributed by atoms with Crippen molar-refractivity contribution in [1.29, 1.82) is 0 Å². The van der Waals surface area contributed by atoms with E-state index in [9.17, 15) is 9.59 Å². The fraction of sp³-hybridized carbons (Fsp3) is 0.211. The van der Waals surface area contributed by atoms with Crippen molar-refractivity contribution in [3.8, 4) is 10.4 Å². The molecule has 0 unspecified atom stereocenters. The number of nitrogens with zero attached hydrogens (tertiary/aromatic N) is 3. The molecule has 6 rings (SSSR count). The number of rotatable bonds is 5. The van der Waals surface area contributed by atoms with Gasteiger partial charge in [-0.2, -0.15) is 0 Å². The summed E-state index contributed by atoms with van der Waals surface area (Å²) in [5, 5.41) is 0. The van der Waals surface area contributed by atoms with Crippen molar-refractivity contribution in [3.63, 3.8) is 0 Å². The molecule has 3 aromatic carbocycles. The van der Waals surface area contributed by atoms with Crippen LogP contribution in [0.15, 0.2) is 103 Å². The second kappa shape index (κ2) is 11.1. The molecule has 0 radical (unpaired) electrons. The lowest BCUT2D eigenvalue weighted by Gasteiger charge is -2.28. The molecule has 0 bridgehead atoms. The summed E-state index contributed by atoms with van der Waals surface area (Å²) in [5.74, 6) is -0.743. The fourth-order valence-electron chi connectivity index (χ4n) is 5.33. The molecule has 44 heavy (non-hydrogen) atoms. The van der Waals surface area contributed by atoms with Crippen LogP contribution in [0.4, 0.5) is 17.1 Å². The topological polar surface area (TPSA) is 63.2 Å². The van der Waals surface area contributed by atoms with E-state index in [0.717, 1.165) is 32.4 Å². The van der Waals surface area contributed by atoms with Gasteiger partial charge >= 0.3 is 0 Å². The molecule has 5 aromatic rings. The molecule has 0 saturated carbocycles. The number of ketones is 2. The highest BCUT2D eigenvalue weighted by atomic mass is 32.1. The standard InChI is InChI=1S/C38H35N3O2S/c1-37(2,3)25-9-15-28(16-10-25)41(29-17-11-26(12-18-29)38(4,5)6)27-13-7-24(8-14-27)32-20-19-30(44-32)23-31-35(42)33-34(36(31)43)40-22-21-39-33/h7-23H,1-6H3. The van der Waals surface area contributed by atoms with E-state index in [0.29, 0.717) is 0 Å². The summed E-state index contributed by atoms with van der Waals surface area (Å²) in [7, 11) is 0. The van der Waals surface area contributed by atoms with Crippen LogP contribution in [0.1, 0.15) is 78.5 Å². The molecule has 220 valence electrons. The molecule has 0 spiro atoms. The molecule has 0 amide bonds. The Labute approximate surface area is 263 Å². The highest BCUT2D eigenvalue weighted by molar-refractivity contribution is 7.16. The van der Waals surface area contributed by atoms with E-state index in [1.54, 1.807) is 6.08 Å². The maximum absolute atomic E-state index is 12.8. The Morgan fingerprint density at radius 2 is 1.02 bits per heavy atom. The van der Waals surface area contributed by atoms with Gasteiger partial charge in [0.1, 0.15) is 11.4 Å². The Morgan fingerprint density at radius 3 is 1.45 bits per heavy atom. The zero-order valence-electron chi connectivity index (χ0n) is 25.9. The second-order valence-electron chi connectivity index (χ2n) is 13.1. The number of fused-ring (bicyclic) bond motifs is 1. The van der Waals surface area contributed by atoms with E-state index in [1.807, 2.05) is 12.1 Å². The molecule has 1 aliphatic rings. The first-order chi connectivity index (χ1) is 20.9. The van der Waals surface area contributed by atoms with Crippen LogP contribution in [0.2, 0.25) is 0 Å². The first-order valence-electron chi connectivity index (χ1n) is 14.7. The molecule has 2 heterocycles. The van der Waals surface area contributed by atoms with Crippen LogP contribution in [0.3, 0.4) is 0 Å². The molecule has 2 aromatic heterocycles. The van der Waals surface area contributed by atoms with Crippen molar-refractivity contribution in [3.05, 3.63) is 130 Å². The van der Waals surface area contributed by atoms with E-state index in [-0.39, 0.29) is 39.4 Å². The number of allylic oxidation sites excluding steroid dienone is 1. The molecule has 0 aliphatic heterocycles. The average Bonchev–Trinajstić information content (AvgIpc) is 3.56. The van der Waals surface area contributed by atoms with Crippen LogP contribution < -0.4 is 4.90 Å². The van der Waals surface area contributed by atoms with Crippen LogP contribution in [0, 0.1) is 0 Å². The molecule has 0 fully saturated rings. The highest BCUT2D eigenvalue weighted by Gasteiger charge is 2.35. The third-order valence-corrected chi connectivity index (χ3v) is 9.01. The smallest absolute Gasteiger partial charge is 0.217 e. The fourth-order valence-corrected chi connectivity index (χ4v) is 6.29. The minimum Gasteiger partial charge on any atom is -0.311 e. The zero-order valence-corrected chi connectivity index (χ0v) is 26.7. The Balaban J connectivity index is 1.31. The SMILES string of the molecule is CC(C)(C)c1ccc(N(c2ccc(-c3ccc(C=C4C(=O)c5nccnc5C4=O)s3)cc2)c2ccc(C(C)(C)C)cc2)cc1. The molecular weight excluding hydrogens is 563 g/mol. The third kappa shape index (κ3) is 5.65. The monoisotopic (exact) mass is 597 g/mol. The molecule has 0 saturated heterocycles. The molecular formula is C38H35N3O2S. The normalized spacial score (nSPS) is 13.3. The van der Waals surface area contributed by atoms with Gasteiger partial charge in [-0.15, -0.1) is 11.3 Å². The summed E-state index contributed by atoms with van der Waals surface area (Å²) in [6.07, 6.45) is 4.52. The van der Waals surface area contributed by atoms with Gasteiger partial charge in [-0.3, -0.25) is 9.59 Å². The van der Waals surface area contributed by atoms with Crippen molar-refractivity contribution >= 4 is 46.0 Å². The highest BCUT2D eigenvalue weighted by Crippen LogP contribution is 2.39. The lowest BCUT2D eigenvalue weighted by molar-refractivity contribution is 0.0988. The van der Waals surface area contributed by atoms with E-state index < -0.39 is 0 Å². The molecule has 5 nitrogen and oxygen atoms in total. The number of thiophene rings is 1. The zero-order chi connectivity index (χ0) is 31.2. The number of carbonyl (C=O) groups is 2. The van der Waals surface area contributed by atoms with Crippen LogP contribution in [0.25, 0.3) is 16.5 Å². The lowest BCUT2D eigenvalue weighted by Crippen LogP contribution is -2.14. The molecule has 0 atom stereocenters. The number of aromatic nitrogens is 2. The van der Waals surface area contributed by atoms with Crippen LogP contribution >= 0.6 is 11.3 Å². The second-order valence-corrected chi connectivity index (χ2v) is 14.3. The van der Waals surface area contributed by atoms with Crippen molar-refractivity contribution < 1.29 is 9.59 Å². The van der Waals surface area contributed by atoms with Gasteiger partial charge in [0.05, 0.1) is 5.57 Å². The van der Waals surface area contributed by atoms with Gasteiger partial charge in [-0.05, 0) is 82.1 Å². The minimum absolute atomic E-state index is 0.0744. The summed E-state index contributed by atoms with van der Waals surface area (Å²) in [4.78, 5) is 37.8. The summed E-state index contributed by atoms with van der Waals surface area (Å²) < 4.78 is 0. The first-order valence-corrected chi connectivity index (χ1v) is 15.6. The Kier molecular flexibility index (Phi) is 7.42. The largest absolute Gasteiger partial charge is 0.311 e. The number of benzene rings is 3. The number of Topliss-reactive ketones (excluding diaryl/α,β-unsaturated/α-hetero) is 2. The van der Waals surface area contributed by atoms with E-state index in [1.165, 1.54) is 34.9 Å². The Morgan fingerprint density at radius 1 is 0.591 bits per heavy atom. The number of anilines is 3. The van der Waals surface area contributed by atoms with Crippen molar-refractivity contribution in [2.75, 3.05) is 4.90 Å². The number of hydrogen-bond acceptors (Lipinski definition) is 6. The predicted molar refractivity (Wildman–Crippen MR) is 181 cm³/mol. The van der Waals surface area contributed by atoms with Gasteiger partial charge in [-0.1, -0.05) is 77.9 Å². The quantitative estimate of drug-likeness (QED) is 0.149. The number of carbonyl (C=O) groups excluding carboxylic acids is 2. The predicted octanol–water partition coefficient (Wildman–Crippen LogP) is 9.73. The molecule has 6 heteroatoms. The summed E-state index contributed by atoms with van der Waals surface area (Å²) in [5.41, 5.74) is 7.40. The van der Waals surface area contributed by atoms with E-state index in [4.69, 9.17) is 0 Å². The maximum atomic E-state index is 12.8. The van der Waals surface area contributed by atoms with Crippen LogP contribution in [0.5, 0.6) is 0 Å². The van der Waals surface area contributed by atoms with Gasteiger partial charge < -0.3 is 4.90 Å². The maximum Gasteiger partial charge on any atom is 0.217 e. The lowest BCUT2D eigenvalue weighted by atomic mass is 9.86. The first kappa shape index (κ1) is 29.4. The Bertz CT molecular complexity index is 1790. The van der Waals surface area contributed by atoms with Gasteiger partial charge in [0.25, 0.3) is 0 Å². The third-order valence-electron chi connectivity index (χ3n) is 7.92. The molecule has 0 N–H and O–H groups in total. The Hall–Kier alpha value is -4.68. The minimum atomic E-state index is -0.372. The summed E-state index contributed by atoms with van der Waals surface area (Å²) in [6, 6.07) is 30.1. The van der Waals surface area contributed by atoms with E-state index >= 15 is 0 Å². The van der Waals surface area contributed by atoms with Gasteiger partial charge in [0.2, 0.25) is 11.6 Å². The van der Waals surface area contributed by atoms with Gasteiger partial charge in [-0.25, -0.2) is 9.97 Å². The van der Waals surface area contributed by atoms with Gasteiger partial charge in [0.15, 0.2) is 0 Å². The van der Waals surface area contributed by atoms with Crippen molar-refractivity contribution in [2.24, 2.45) is 0 Å². The summed E-state index contributed by atoms with van der Waals surface area (Å²) >= 11 is 1.54. The van der Waals surface area contributed by atoms with Gasteiger partial charge in [0, 0.05) is 39.2 Å². The molecule has 1 aliphatic carbocycles. The summed E-state index contributed by atoms with van der Waals surface area (Å²) in [6.45, 7) is 13.4. The number of hydrogen-bond donors (Lipinski definition) is 0. The van der Waals surface area contributed by atoms with Crippen LogP contribution in [-0.4, -0.2) is 21.5 Å². The average molecular weight is 598 g/mol.